The second-order valence-electron chi connectivity index (χ2n) is 6.25. The number of anilines is 1. The Morgan fingerprint density at radius 1 is 1.11 bits per heavy atom. The average Bonchev–Trinajstić information content (AvgIpc) is 3.31. The molecular formula is C20H16F2N4O2. The van der Waals surface area contributed by atoms with E-state index in [0.717, 1.165) is 28.6 Å². The monoisotopic (exact) mass is 382 g/mol. The highest BCUT2D eigenvalue weighted by molar-refractivity contribution is 5.92. The van der Waals surface area contributed by atoms with Crippen molar-refractivity contribution >= 4 is 22.5 Å². The molecule has 4 aromatic rings. The maximum Gasteiger partial charge on any atom is 0.247 e. The van der Waals surface area contributed by atoms with Crippen LogP contribution in [-0.4, -0.2) is 20.7 Å². The zero-order valence-electron chi connectivity index (χ0n) is 14.9. The molecule has 1 N–H and O–H groups in total. The number of fused-ring (bicyclic) bond motifs is 1. The molecule has 0 atom stereocenters. The van der Waals surface area contributed by atoms with Gasteiger partial charge in [0, 0.05) is 35.5 Å². The Labute approximate surface area is 158 Å². The molecule has 0 aliphatic rings. The Balaban J connectivity index is 1.57. The van der Waals surface area contributed by atoms with Crippen LogP contribution in [-0.2, 0) is 17.8 Å². The lowest BCUT2D eigenvalue weighted by atomic mass is 10.1. The van der Waals surface area contributed by atoms with Gasteiger partial charge >= 0.3 is 0 Å². The lowest BCUT2D eigenvalue weighted by molar-refractivity contribution is -0.116. The Kier molecular flexibility index (Phi) is 4.60. The summed E-state index contributed by atoms with van der Waals surface area (Å²) in [5.74, 6) is -1.37. The maximum absolute atomic E-state index is 13.3. The van der Waals surface area contributed by atoms with Gasteiger partial charge in [-0.1, -0.05) is 13.0 Å². The minimum absolute atomic E-state index is 0.00991. The van der Waals surface area contributed by atoms with E-state index in [0.29, 0.717) is 18.2 Å². The van der Waals surface area contributed by atoms with Crippen LogP contribution in [0, 0.1) is 11.6 Å². The number of halogens is 2. The minimum Gasteiger partial charge on any atom is -0.421 e. The van der Waals surface area contributed by atoms with Crippen LogP contribution < -0.4 is 5.32 Å². The van der Waals surface area contributed by atoms with Gasteiger partial charge in [-0.25, -0.2) is 8.78 Å². The SMILES string of the molecule is CCc1nnc(-c2ccc3ccn(CC(=O)Nc4ccc(F)c(F)c4)c3c2)o1. The van der Waals surface area contributed by atoms with Gasteiger partial charge in [0.05, 0.1) is 0 Å². The quantitative estimate of drug-likeness (QED) is 0.562. The number of carbonyl (C=O) groups excluding carboxylic acids is 1. The zero-order valence-corrected chi connectivity index (χ0v) is 14.9. The number of nitrogens with one attached hydrogen (secondary N) is 1. The van der Waals surface area contributed by atoms with Crippen LogP contribution >= 0.6 is 0 Å². The van der Waals surface area contributed by atoms with E-state index >= 15 is 0 Å². The molecule has 0 aliphatic heterocycles. The summed E-state index contributed by atoms with van der Waals surface area (Å²) in [6, 6.07) is 10.8. The number of aromatic nitrogens is 3. The van der Waals surface area contributed by atoms with Crippen LogP contribution in [0.15, 0.2) is 53.1 Å². The van der Waals surface area contributed by atoms with E-state index in [4.69, 9.17) is 4.42 Å². The molecule has 2 aromatic carbocycles. The third-order valence-electron chi connectivity index (χ3n) is 4.31. The van der Waals surface area contributed by atoms with Crippen molar-refractivity contribution in [2.75, 3.05) is 5.32 Å². The normalized spacial score (nSPS) is 11.1. The highest BCUT2D eigenvalue weighted by Crippen LogP contribution is 2.25. The first-order valence-corrected chi connectivity index (χ1v) is 8.70. The van der Waals surface area contributed by atoms with E-state index in [-0.39, 0.29) is 18.1 Å². The van der Waals surface area contributed by atoms with E-state index in [1.807, 2.05) is 31.2 Å². The van der Waals surface area contributed by atoms with Gasteiger partial charge < -0.3 is 14.3 Å². The number of nitrogens with zero attached hydrogens (tertiary/aromatic N) is 3. The predicted molar refractivity (Wildman–Crippen MR) is 99.6 cm³/mol. The molecule has 0 bridgehead atoms. The van der Waals surface area contributed by atoms with Crippen molar-refractivity contribution in [1.29, 1.82) is 0 Å². The first kappa shape index (κ1) is 17.8. The number of aryl methyl sites for hydroxylation is 1. The predicted octanol–water partition coefficient (Wildman–Crippen LogP) is 4.17. The van der Waals surface area contributed by atoms with E-state index in [9.17, 15) is 13.6 Å². The Morgan fingerprint density at radius 3 is 2.71 bits per heavy atom. The molecule has 6 nitrogen and oxygen atoms in total. The van der Waals surface area contributed by atoms with Crippen LogP contribution in [0.5, 0.6) is 0 Å². The summed E-state index contributed by atoms with van der Waals surface area (Å²) < 4.78 is 33.6. The van der Waals surface area contributed by atoms with E-state index < -0.39 is 11.6 Å². The molecular weight excluding hydrogens is 366 g/mol. The average molecular weight is 382 g/mol. The molecule has 0 radical (unpaired) electrons. The molecule has 0 fully saturated rings. The number of rotatable bonds is 5. The fraction of sp³-hybridized carbons (Fsp3) is 0.150. The van der Waals surface area contributed by atoms with E-state index in [1.54, 1.807) is 10.8 Å². The molecule has 0 spiro atoms. The molecule has 142 valence electrons. The molecule has 0 aliphatic carbocycles. The molecule has 0 saturated carbocycles. The fourth-order valence-electron chi connectivity index (χ4n) is 2.90. The van der Waals surface area contributed by atoms with Gasteiger partial charge in [0.1, 0.15) is 6.54 Å². The first-order chi connectivity index (χ1) is 13.5. The van der Waals surface area contributed by atoms with Gasteiger partial charge in [-0.05, 0) is 35.7 Å². The summed E-state index contributed by atoms with van der Waals surface area (Å²) in [5.41, 5.74) is 1.76. The van der Waals surface area contributed by atoms with Crippen molar-refractivity contribution in [3.8, 4) is 11.5 Å². The van der Waals surface area contributed by atoms with Gasteiger partial charge in [-0.15, -0.1) is 10.2 Å². The summed E-state index contributed by atoms with van der Waals surface area (Å²) >= 11 is 0. The standard InChI is InChI=1S/C20H16F2N4O2/c1-2-19-24-25-20(28-19)13-4-3-12-7-8-26(17(12)9-13)11-18(27)23-14-5-6-15(21)16(22)10-14/h3-10H,2,11H2,1H3,(H,23,27). The van der Waals surface area contributed by atoms with E-state index in [2.05, 4.69) is 15.5 Å². The summed E-state index contributed by atoms with van der Waals surface area (Å²) in [6.07, 6.45) is 2.43. The van der Waals surface area contributed by atoms with Crippen molar-refractivity contribution in [3.05, 3.63) is 66.2 Å². The van der Waals surface area contributed by atoms with Crippen molar-refractivity contribution in [2.45, 2.75) is 19.9 Å². The fourth-order valence-corrected chi connectivity index (χ4v) is 2.90. The number of carbonyl (C=O) groups is 1. The first-order valence-electron chi connectivity index (χ1n) is 8.70. The smallest absolute Gasteiger partial charge is 0.247 e. The minimum atomic E-state index is -1.01. The van der Waals surface area contributed by atoms with Crippen molar-refractivity contribution < 1.29 is 18.0 Å². The van der Waals surface area contributed by atoms with Crippen LogP contribution in [0.2, 0.25) is 0 Å². The highest BCUT2D eigenvalue weighted by Gasteiger charge is 2.12. The van der Waals surface area contributed by atoms with Crippen LogP contribution in [0.1, 0.15) is 12.8 Å². The number of benzene rings is 2. The molecule has 1 amide bonds. The Hall–Kier alpha value is -3.55. The van der Waals surface area contributed by atoms with Crippen LogP contribution in [0.4, 0.5) is 14.5 Å². The molecule has 0 saturated heterocycles. The van der Waals surface area contributed by atoms with Gasteiger partial charge in [0.15, 0.2) is 11.6 Å². The summed E-state index contributed by atoms with van der Waals surface area (Å²) in [7, 11) is 0. The highest BCUT2D eigenvalue weighted by atomic mass is 19.2. The summed E-state index contributed by atoms with van der Waals surface area (Å²) in [4.78, 5) is 12.3. The topological polar surface area (TPSA) is 73.0 Å². The van der Waals surface area contributed by atoms with E-state index in [1.165, 1.54) is 6.07 Å². The third-order valence-corrected chi connectivity index (χ3v) is 4.31. The van der Waals surface area contributed by atoms with Crippen LogP contribution in [0.3, 0.4) is 0 Å². The number of hydrogen-bond donors (Lipinski definition) is 1. The molecule has 8 heteroatoms. The molecule has 28 heavy (non-hydrogen) atoms. The van der Waals surface area contributed by atoms with Crippen molar-refractivity contribution in [2.24, 2.45) is 0 Å². The van der Waals surface area contributed by atoms with Gasteiger partial charge in [0.25, 0.3) is 0 Å². The Bertz CT molecular complexity index is 1170. The zero-order chi connectivity index (χ0) is 19.7. The summed E-state index contributed by atoms with van der Waals surface area (Å²) in [5, 5.41) is 11.5. The molecule has 0 unspecified atom stereocenters. The summed E-state index contributed by atoms with van der Waals surface area (Å²) in [6.45, 7) is 1.94. The number of amides is 1. The largest absolute Gasteiger partial charge is 0.421 e. The lowest BCUT2D eigenvalue weighted by Gasteiger charge is -2.08. The third kappa shape index (κ3) is 3.48. The maximum atomic E-state index is 13.3. The van der Waals surface area contributed by atoms with Gasteiger partial charge in [-0.3, -0.25) is 4.79 Å². The lowest BCUT2D eigenvalue weighted by Crippen LogP contribution is -2.18. The Morgan fingerprint density at radius 2 is 1.96 bits per heavy atom. The van der Waals surface area contributed by atoms with Crippen LogP contribution in [0.25, 0.3) is 22.4 Å². The second-order valence-corrected chi connectivity index (χ2v) is 6.25. The number of hydrogen-bond acceptors (Lipinski definition) is 4. The second kappa shape index (κ2) is 7.22. The molecule has 4 rings (SSSR count). The molecule has 2 heterocycles. The van der Waals surface area contributed by atoms with Gasteiger partial charge in [0.2, 0.25) is 17.7 Å². The molecule has 2 aromatic heterocycles. The van der Waals surface area contributed by atoms with Crippen molar-refractivity contribution in [1.82, 2.24) is 14.8 Å². The van der Waals surface area contributed by atoms with Crippen molar-refractivity contribution in [3.63, 3.8) is 0 Å². The van der Waals surface area contributed by atoms with Gasteiger partial charge in [-0.2, -0.15) is 0 Å².